The number of amides is 1. The van der Waals surface area contributed by atoms with E-state index in [2.05, 4.69) is 17.4 Å². The van der Waals surface area contributed by atoms with Crippen LogP contribution in [0.15, 0.2) is 52.9 Å². The normalized spacial score (nSPS) is 23.1. The third-order valence-corrected chi connectivity index (χ3v) is 6.16. The summed E-state index contributed by atoms with van der Waals surface area (Å²) in [4.78, 5) is 15.4. The summed E-state index contributed by atoms with van der Waals surface area (Å²) in [6.07, 6.45) is 0. The summed E-state index contributed by atoms with van der Waals surface area (Å²) >= 11 is 6.16. The fourth-order valence-electron chi connectivity index (χ4n) is 4.69. The largest absolute Gasteiger partial charge is 0.493 e. The Morgan fingerprint density at radius 2 is 2.00 bits per heavy atom. The second-order valence-corrected chi connectivity index (χ2v) is 7.97. The van der Waals surface area contributed by atoms with Gasteiger partial charge in [-0.1, -0.05) is 41.9 Å². The molecular weight excluding hydrogens is 411 g/mol. The standard InChI is InChI=1S/C22H21ClN2O3.ClH/c1-27-18-9-16(23)7-14-8-19(28-21(14)18)22(26)25-12-15-10-24-11-17(15)20(25)13-5-3-2-4-6-13;/h2-9,15,17,20,24H,10-12H2,1H3;1H/t15-,17-,20+;/m0./s1. The van der Waals surface area contributed by atoms with Crippen LogP contribution in [0.3, 0.4) is 0 Å². The van der Waals surface area contributed by atoms with E-state index in [0.29, 0.717) is 34.0 Å². The van der Waals surface area contributed by atoms with Crippen LogP contribution in [0.25, 0.3) is 11.0 Å². The number of fused-ring (bicyclic) bond motifs is 2. The minimum Gasteiger partial charge on any atom is -0.493 e. The lowest BCUT2D eigenvalue weighted by molar-refractivity contribution is 0.0684. The van der Waals surface area contributed by atoms with E-state index in [4.69, 9.17) is 20.8 Å². The lowest BCUT2D eigenvalue weighted by Crippen LogP contribution is -2.34. The van der Waals surface area contributed by atoms with Gasteiger partial charge in [0, 0.05) is 42.0 Å². The first kappa shape index (κ1) is 20.1. The van der Waals surface area contributed by atoms with Crippen molar-refractivity contribution in [2.75, 3.05) is 26.7 Å². The molecule has 2 aliphatic rings. The van der Waals surface area contributed by atoms with Crippen LogP contribution in [0.4, 0.5) is 0 Å². The van der Waals surface area contributed by atoms with Crippen molar-refractivity contribution in [3.05, 3.63) is 64.9 Å². The molecule has 5 nitrogen and oxygen atoms in total. The molecule has 0 unspecified atom stereocenters. The lowest BCUT2D eigenvalue weighted by atomic mass is 9.89. The van der Waals surface area contributed by atoms with Crippen LogP contribution in [0.5, 0.6) is 5.75 Å². The van der Waals surface area contributed by atoms with Crippen molar-refractivity contribution in [1.82, 2.24) is 10.2 Å². The highest BCUT2D eigenvalue weighted by Gasteiger charge is 2.47. The molecule has 2 fully saturated rings. The van der Waals surface area contributed by atoms with Crippen molar-refractivity contribution >= 4 is 40.9 Å². The van der Waals surface area contributed by atoms with Crippen LogP contribution in [0.1, 0.15) is 22.2 Å². The average molecular weight is 433 g/mol. The van der Waals surface area contributed by atoms with E-state index in [1.165, 1.54) is 5.56 Å². The van der Waals surface area contributed by atoms with E-state index in [9.17, 15) is 4.79 Å². The van der Waals surface area contributed by atoms with Gasteiger partial charge in [0.2, 0.25) is 0 Å². The molecule has 1 N–H and O–H groups in total. The number of methoxy groups -OCH3 is 1. The van der Waals surface area contributed by atoms with E-state index < -0.39 is 0 Å². The molecule has 2 saturated heterocycles. The third-order valence-electron chi connectivity index (χ3n) is 5.94. The minimum absolute atomic E-state index is 0. The molecule has 3 aromatic rings. The van der Waals surface area contributed by atoms with Gasteiger partial charge in [0.25, 0.3) is 5.91 Å². The van der Waals surface area contributed by atoms with E-state index in [1.54, 1.807) is 25.3 Å². The van der Waals surface area contributed by atoms with Crippen LogP contribution in [-0.2, 0) is 0 Å². The Morgan fingerprint density at radius 3 is 2.76 bits per heavy atom. The predicted molar refractivity (Wildman–Crippen MR) is 115 cm³/mol. The van der Waals surface area contributed by atoms with Gasteiger partial charge in [-0.3, -0.25) is 4.79 Å². The quantitative estimate of drug-likeness (QED) is 0.659. The molecule has 0 spiro atoms. The number of likely N-dealkylation sites (tertiary alicyclic amines) is 1. The van der Waals surface area contributed by atoms with Gasteiger partial charge >= 0.3 is 0 Å². The summed E-state index contributed by atoms with van der Waals surface area (Å²) in [5, 5.41) is 4.79. The molecule has 3 heterocycles. The Hall–Kier alpha value is -2.21. The highest BCUT2D eigenvalue weighted by molar-refractivity contribution is 6.31. The Morgan fingerprint density at radius 1 is 1.21 bits per heavy atom. The lowest BCUT2D eigenvalue weighted by Gasteiger charge is -2.27. The van der Waals surface area contributed by atoms with Crippen molar-refractivity contribution < 1.29 is 13.9 Å². The first-order valence-electron chi connectivity index (χ1n) is 9.49. The highest BCUT2D eigenvalue weighted by Crippen LogP contribution is 2.43. The summed E-state index contributed by atoms with van der Waals surface area (Å²) < 4.78 is 11.3. The molecule has 3 atom stereocenters. The zero-order valence-corrected chi connectivity index (χ0v) is 17.5. The molecule has 7 heteroatoms. The zero-order chi connectivity index (χ0) is 19.3. The fraction of sp³-hybridized carbons (Fsp3) is 0.318. The number of ether oxygens (including phenoxy) is 1. The van der Waals surface area contributed by atoms with Gasteiger partial charge in [-0.05, 0) is 23.6 Å². The van der Waals surface area contributed by atoms with Crippen molar-refractivity contribution in [2.24, 2.45) is 11.8 Å². The topological polar surface area (TPSA) is 54.7 Å². The number of halogens is 2. The number of nitrogens with zero attached hydrogens (tertiary/aromatic N) is 1. The van der Waals surface area contributed by atoms with Crippen LogP contribution in [0.2, 0.25) is 5.02 Å². The molecule has 1 amide bonds. The van der Waals surface area contributed by atoms with Gasteiger partial charge < -0.3 is 19.4 Å². The van der Waals surface area contributed by atoms with Crippen molar-refractivity contribution in [3.8, 4) is 5.75 Å². The monoisotopic (exact) mass is 432 g/mol. The molecule has 152 valence electrons. The van der Waals surface area contributed by atoms with Crippen LogP contribution >= 0.6 is 24.0 Å². The van der Waals surface area contributed by atoms with E-state index in [0.717, 1.165) is 25.0 Å². The number of benzene rings is 2. The maximum Gasteiger partial charge on any atom is 0.290 e. The molecule has 5 rings (SSSR count). The smallest absolute Gasteiger partial charge is 0.290 e. The molecule has 0 saturated carbocycles. The van der Waals surface area contributed by atoms with E-state index in [1.807, 2.05) is 23.1 Å². The van der Waals surface area contributed by atoms with Crippen molar-refractivity contribution in [2.45, 2.75) is 6.04 Å². The van der Waals surface area contributed by atoms with Crippen molar-refractivity contribution in [3.63, 3.8) is 0 Å². The molecule has 0 radical (unpaired) electrons. The number of hydrogen-bond acceptors (Lipinski definition) is 4. The minimum atomic E-state index is -0.0855. The first-order valence-corrected chi connectivity index (χ1v) is 9.87. The van der Waals surface area contributed by atoms with Gasteiger partial charge in [-0.15, -0.1) is 12.4 Å². The molecular formula is C22H22Cl2N2O3. The second-order valence-electron chi connectivity index (χ2n) is 7.53. The maximum absolute atomic E-state index is 13.5. The number of carbonyl (C=O) groups excluding carboxylic acids is 1. The molecule has 2 aliphatic heterocycles. The summed E-state index contributed by atoms with van der Waals surface area (Å²) in [5.41, 5.74) is 1.72. The summed E-state index contributed by atoms with van der Waals surface area (Å²) in [5.74, 6) is 1.65. The summed E-state index contributed by atoms with van der Waals surface area (Å²) in [6.45, 7) is 2.60. The number of furan rings is 1. The summed E-state index contributed by atoms with van der Waals surface area (Å²) in [7, 11) is 1.56. The predicted octanol–water partition coefficient (Wildman–Crippen LogP) is 4.55. The Balaban J connectivity index is 0.00000205. The number of hydrogen-bond donors (Lipinski definition) is 1. The molecule has 2 aromatic carbocycles. The maximum atomic E-state index is 13.5. The Labute approximate surface area is 180 Å². The third kappa shape index (κ3) is 3.37. The second kappa shape index (κ2) is 7.90. The molecule has 0 bridgehead atoms. The Bertz CT molecular complexity index is 1040. The van der Waals surface area contributed by atoms with Gasteiger partial charge in [-0.2, -0.15) is 0 Å². The van der Waals surface area contributed by atoms with E-state index >= 15 is 0 Å². The Kier molecular flexibility index (Phi) is 5.47. The van der Waals surface area contributed by atoms with Gasteiger partial charge in [0.1, 0.15) is 0 Å². The molecule has 29 heavy (non-hydrogen) atoms. The SMILES string of the molecule is COc1cc(Cl)cc2cc(C(=O)N3C[C@@H]4CNC[C@@H]4[C@H]3c3ccccc3)oc12.Cl. The summed E-state index contributed by atoms with van der Waals surface area (Å²) in [6, 6.07) is 15.6. The van der Waals surface area contributed by atoms with Gasteiger partial charge in [0.15, 0.2) is 17.1 Å². The van der Waals surface area contributed by atoms with E-state index in [-0.39, 0.29) is 24.4 Å². The van der Waals surface area contributed by atoms with Gasteiger partial charge in [0.05, 0.1) is 13.2 Å². The van der Waals surface area contributed by atoms with Crippen LogP contribution in [-0.4, -0.2) is 37.6 Å². The molecule has 0 aliphatic carbocycles. The highest BCUT2D eigenvalue weighted by atomic mass is 35.5. The number of nitrogens with one attached hydrogen (secondary N) is 1. The van der Waals surface area contributed by atoms with Crippen LogP contribution in [0, 0.1) is 11.8 Å². The first-order chi connectivity index (χ1) is 13.7. The number of rotatable bonds is 3. The average Bonchev–Trinajstić information content (AvgIpc) is 3.41. The fourth-order valence-corrected chi connectivity index (χ4v) is 4.91. The van der Waals surface area contributed by atoms with Crippen molar-refractivity contribution in [1.29, 1.82) is 0 Å². The number of carbonyl (C=O) groups is 1. The zero-order valence-electron chi connectivity index (χ0n) is 15.9. The molecule has 1 aromatic heterocycles. The van der Waals surface area contributed by atoms with Gasteiger partial charge in [-0.25, -0.2) is 0 Å². The van der Waals surface area contributed by atoms with Crippen LogP contribution < -0.4 is 10.1 Å².